The lowest BCUT2D eigenvalue weighted by molar-refractivity contribution is -0.136. The van der Waals surface area contributed by atoms with Crippen LogP contribution in [0.5, 0.6) is 0 Å². The molecule has 10 heteroatoms. The van der Waals surface area contributed by atoms with Crippen LogP contribution < -0.4 is 10.6 Å². The lowest BCUT2D eigenvalue weighted by Crippen LogP contribution is -2.18. The topological polar surface area (TPSA) is 58.2 Å². The summed E-state index contributed by atoms with van der Waals surface area (Å²) >= 11 is 3.05. The molecule has 2 N–H and O–H groups in total. The van der Waals surface area contributed by atoms with Gasteiger partial charge < -0.3 is 10.6 Å². The van der Waals surface area contributed by atoms with Gasteiger partial charge in [0.25, 0.3) is 11.8 Å². The molecule has 0 saturated carbocycles. The van der Waals surface area contributed by atoms with Crippen LogP contribution in [0.3, 0.4) is 0 Å². The Labute approximate surface area is 181 Å². The van der Waals surface area contributed by atoms with Gasteiger partial charge in [0.05, 0.1) is 16.8 Å². The third kappa shape index (κ3) is 5.46. The number of amides is 2. The van der Waals surface area contributed by atoms with Crippen LogP contribution >= 0.6 is 15.9 Å². The van der Waals surface area contributed by atoms with Crippen molar-refractivity contribution in [2.75, 3.05) is 10.6 Å². The number of nitrogens with one attached hydrogen (secondary N) is 2. The fraction of sp³-hybridized carbons (Fsp3) is 0.0476. The van der Waals surface area contributed by atoms with Crippen LogP contribution in [0.4, 0.5) is 33.3 Å². The first-order chi connectivity index (χ1) is 14.5. The number of hydrogen-bond acceptors (Lipinski definition) is 2. The Balaban J connectivity index is 1.88. The Morgan fingerprint density at radius 1 is 0.774 bits per heavy atom. The minimum atomic E-state index is -4.86. The Kier molecular flexibility index (Phi) is 6.40. The number of hydrogen-bond donors (Lipinski definition) is 2. The summed E-state index contributed by atoms with van der Waals surface area (Å²) in [6.07, 6.45) is -4.86. The molecular weight excluding hydrogens is 487 g/mol. The minimum absolute atomic E-state index is 0.0447. The summed E-state index contributed by atoms with van der Waals surface area (Å²) < 4.78 is 67.2. The van der Waals surface area contributed by atoms with E-state index in [0.717, 1.165) is 36.4 Å². The van der Waals surface area contributed by atoms with Crippen molar-refractivity contribution in [2.45, 2.75) is 6.18 Å². The van der Waals surface area contributed by atoms with Gasteiger partial charge in [0.1, 0.15) is 11.6 Å². The molecule has 160 valence electrons. The highest BCUT2D eigenvalue weighted by Gasteiger charge is 2.34. The second-order valence-electron chi connectivity index (χ2n) is 6.30. The molecule has 0 aromatic heterocycles. The van der Waals surface area contributed by atoms with Crippen LogP contribution in [0, 0.1) is 11.6 Å². The number of rotatable bonds is 4. The lowest BCUT2D eigenvalue weighted by atomic mass is 10.1. The average molecular weight is 499 g/mol. The molecule has 0 unspecified atom stereocenters. The van der Waals surface area contributed by atoms with Gasteiger partial charge in [0.2, 0.25) is 0 Å². The molecule has 4 nitrogen and oxygen atoms in total. The van der Waals surface area contributed by atoms with Crippen LogP contribution in [0.25, 0.3) is 0 Å². The highest BCUT2D eigenvalue weighted by atomic mass is 79.9. The number of carbonyl (C=O) groups excluding carboxylic acids is 2. The number of alkyl halides is 3. The van der Waals surface area contributed by atoms with E-state index < -0.39 is 40.9 Å². The van der Waals surface area contributed by atoms with E-state index in [1.807, 2.05) is 0 Å². The van der Waals surface area contributed by atoms with Crippen molar-refractivity contribution in [3.63, 3.8) is 0 Å². The quantitative estimate of drug-likeness (QED) is 0.417. The maximum atomic E-state index is 13.6. The molecule has 0 fully saturated rings. The summed E-state index contributed by atoms with van der Waals surface area (Å²) in [6.45, 7) is 0. The second kappa shape index (κ2) is 8.84. The second-order valence-corrected chi connectivity index (χ2v) is 7.15. The van der Waals surface area contributed by atoms with Crippen molar-refractivity contribution in [3.8, 4) is 0 Å². The van der Waals surface area contributed by atoms with Crippen LogP contribution in [0.1, 0.15) is 26.3 Å². The third-order valence-corrected chi connectivity index (χ3v) is 4.80. The highest BCUT2D eigenvalue weighted by Crippen LogP contribution is 2.37. The third-order valence-electron chi connectivity index (χ3n) is 4.11. The predicted octanol–water partition coefficient (Wildman–Crippen LogP) is 6.25. The van der Waals surface area contributed by atoms with Crippen LogP contribution in [-0.2, 0) is 6.18 Å². The van der Waals surface area contributed by atoms with Crippen molar-refractivity contribution < 1.29 is 31.5 Å². The zero-order valence-corrected chi connectivity index (χ0v) is 16.9. The standard InChI is InChI=1S/C21H12BrF5N2O2/c22-17-7-5-13(24)9-15(17)20(31)29-18-8-6-14(10-16(18)21(25,26)27)28-19(30)11-1-3-12(23)4-2-11/h1-10H,(H,28,30)(H,29,31). The zero-order valence-electron chi connectivity index (χ0n) is 15.4. The summed E-state index contributed by atoms with van der Waals surface area (Å²) in [5.74, 6) is -3.00. The monoisotopic (exact) mass is 498 g/mol. The molecule has 0 atom stereocenters. The highest BCUT2D eigenvalue weighted by molar-refractivity contribution is 9.10. The maximum Gasteiger partial charge on any atom is 0.418 e. The van der Waals surface area contributed by atoms with Crippen molar-refractivity contribution in [3.05, 3.63) is 93.5 Å². The Morgan fingerprint density at radius 3 is 2.06 bits per heavy atom. The van der Waals surface area contributed by atoms with Crippen molar-refractivity contribution in [2.24, 2.45) is 0 Å². The molecule has 0 radical (unpaired) electrons. The Hall–Kier alpha value is -3.27. The average Bonchev–Trinajstić information content (AvgIpc) is 2.70. The predicted molar refractivity (Wildman–Crippen MR) is 108 cm³/mol. The van der Waals surface area contributed by atoms with Gasteiger partial charge in [-0.2, -0.15) is 13.2 Å². The van der Waals surface area contributed by atoms with Gasteiger partial charge in [-0.3, -0.25) is 9.59 Å². The molecule has 0 aliphatic carbocycles. The number of anilines is 2. The molecular formula is C21H12BrF5N2O2. The molecule has 0 heterocycles. The van der Waals surface area contributed by atoms with Gasteiger partial charge in [-0.25, -0.2) is 8.78 Å². The normalized spacial score (nSPS) is 11.2. The largest absolute Gasteiger partial charge is 0.418 e. The molecule has 31 heavy (non-hydrogen) atoms. The van der Waals surface area contributed by atoms with Crippen LogP contribution in [0.15, 0.2) is 65.1 Å². The summed E-state index contributed by atoms with van der Waals surface area (Å²) in [7, 11) is 0. The van der Waals surface area contributed by atoms with Crippen molar-refractivity contribution >= 4 is 39.1 Å². The van der Waals surface area contributed by atoms with Gasteiger partial charge in [0.15, 0.2) is 0 Å². The van der Waals surface area contributed by atoms with E-state index >= 15 is 0 Å². The Bertz CT molecular complexity index is 1150. The first kappa shape index (κ1) is 22.4. The summed E-state index contributed by atoms with van der Waals surface area (Å²) in [6, 6.07) is 10.4. The molecule has 3 rings (SSSR count). The summed E-state index contributed by atoms with van der Waals surface area (Å²) in [5.41, 5.74) is -2.13. The van der Waals surface area contributed by atoms with Gasteiger partial charge in [-0.15, -0.1) is 0 Å². The van der Waals surface area contributed by atoms with Crippen LogP contribution in [0.2, 0.25) is 0 Å². The van der Waals surface area contributed by atoms with E-state index in [1.165, 1.54) is 18.2 Å². The lowest BCUT2D eigenvalue weighted by Gasteiger charge is -2.16. The number of carbonyl (C=O) groups is 2. The molecule has 0 saturated heterocycles. The number of halogens is 6. The first-order valence-electron chi connectivity index (χ1n) is 8.59. The molecule has 2 amide bonds. The first-order valence-corrected chi connectivity index (χ1v) is 9.38. The van der Waals surface area contributed by atoms with Gasteiger partial charge in [-0.1, -0.05) is 0 Å². The smallest absolute Gasteiger partial charge is 0.322 e. The van der Waals surface area contributed by atoms with Gasteiger partial charge in [0, 0.05) is 15.7 Å². The van der Waals surface area contributed by atoms with Crippen molar-refractivity contribution in [1.29, 1.82) is 0 Å². The fourth-order valence-corrected chi connectivity index (χ4v) is 3.06. The summed E-state index contributed by atoms with van der Waals surface area (Å²) in [4.78, 5) is 24.5. The van der Waals surface area contributed by atoms with E-state index in [2.05, 4.69) is 26.6 Å². The molecule has 0 bridgehead atoms. The number of benzene rings is 3. The van der Waals surface area contributed by atoms with E-state index in [4.69, 9.17) is 0 Å². The molecule has 0 aliphatic heterocycles. The molecule has 3 aromatic rings. The summed E-state index contributed by atoms with van der Waals surface area (Å²) in [5, 5.41) is 4.40. The maximum absolute atomic E-state index is 13.6. The van der Waals surface area contributed by atoms with Gasteiger partial charge >= 0.3 is 6.18 Å². The van der Waals surface area contributed by atoms with E-state index in [-0.39, 0.29) is 21.3 Å². The molecule has 0 spiro atoms. The zero-order chi connectivity index (χ0) is 22.8. The van der Waals surface area contributed by atoms with Gasteiger partial charge in [-0.05, 0) is 76.6 Å². The molecule has 3 aromatic carbocycles. The van der Waals surface area contributed by atoms with E-state index in [1.54, 1.807) is 0 Å². The van der Waals surface area contributed by atoms with Crippen molar-refractivity contribution in [1.82, 2.24) is 0 Å². The SMILES string of the molecule is O=C(Nc1ccc(NC(=O)c2cc(F)ccc2Br)c(C(F)(F)F)c1)c1ccc(F)cc1. The van der Waals surface area contributed by atoms with E-state index in [0.29, 0.717) is 6.07 Å². The van der Waals surface area contributed by atoms with E-state index in [9.17, 15) is 31.5 Å². The Morgan fingerprint density at radius 2 is 1.42 bits per heavy atom. The minimum Gasteiger partial charge on any atom is -0.322 e. The fourth-order valence-electron chi connectivity index (χ4n) is 2.63. The molecule has 0 aliphatic rings. The van der Waals surface area contributed by atoms with Crippen LogP contribution in [-0.4, -0.2) is 11.8 Å².